The average molecular weight is 346 g/mol. The van der Waals surface area contributed by atoms with E-state index in [-0.39, 0.29) is 24.1 Å². The van der Waals surface area contributed by atoms with Crippen molar-refractivity contribution in [3.8, 4) is 0 Å². The highest BCUT2D eigenvalue weighted by Crippen LogP contribution is 2.25. The van der Waals surface area contributed by atoms with E-state index in [2.05, 4.69) is 15.9 Å². The Morgan fingerprint density at radius 2 is 1.95 bits per heavy atom. The summed E-state index contributed by atoms with van der Waals surface area (Å²) in [6, 6.07) is 7.73. The minimum Gasteiger partial charge on any atom is -0.481 e. The molecule has 0 saturated carbocycles. The van der Waals surface area contributed by atoms with Gasteiger partial charge < -0.3 is 10.0 Å². The highest BCUT2D eigenvalue weighted by molar-refractivity contribution is 9.10. The van der Waals surface area contributed by atoms with E-state index in [9.17, 15) is 9.59 Å². The number of carbonyl (C=O) groups is 2. The first-order valence-corrected chi connectivity index (χ1v) is 7.46. The molecule has 0 aliphatic heterocycles. The van der Waals surface area contributed by atoms with Crippen LogP contribution in [0.1, 0.15) is 13.3 Å². The highest BCUT2D eigenvalue weighted by Gasteiger charge is 2.19. The van der Waals surface area contributed by atoms with Gasteiger partial charge in [0.2, 0.25) is 5.91 Å². The number of halogens is 1. The molecule has 4 nitrogen and oxygen atoms in total. The Balaban J connectivity index is 2.52. The largest absolute Gasteiger partial charge is 0.481 e. The number of hydrogen-bond donors (Lipinski definition) is 1. The van der Waals surface area contributed by atoms with Crippen molar-refractivity contribution < 1.29 is 14.7 Å². The van der Waals surface area contributed by atoms with Crippen molar-refractivity contribution in [1.29, 1.82) is 0 Å². The molecule has 1 atom stereocenters. The number of carbonyl (C=O) groups excluding carboxylic acids is 1. The van der Waals surface area contributed by atoms with Crippen LogP contribution in [0.3, 0.4) is 0 Å². The summed E-state index contributed by atoms with van der Waals surface area (Å²) in [5, 5.41) is 8.36. The van der Waals surface area contributed by atoms with Gasteiger partial charge in [0, 0.05) is 23.0 Å². The van der Waals surface area contributed by atoms with Crippen molar-refractivity contribution in [2.75, 3.05) is 13.6 Å². The van der Waals surface area contributed by atoms with E-state index >= 15 is 0 Å². The molecular weight excluding hydrogens is 330 g/mol. The summed E-state index contributed by atoms with van der Waals surface area (Å²) in [7, 11) is 1.63. The summed E-state index contributed by atoms with van der Waals surface area (Å²) in [5.41, 5.74) is 0. The zero-order valence-electron chi connectivity index (χ0n) is 10.8. The zero-order chi connectivity index (χ0) is 14.4. The van der Waals surface area contributed by atoms with Gasteiger partial charge in [0.15, 0.2) is 0 Å². The Hall–Kier alpha value is -1.01. The Bertz CT molecular complexity index is 450. The maximum Gasteiger partial charge on any atom is 0.305 e. The van der Waals surface area contributed by atoms with Gasteiger partial charge in [-0.05, 0) is 31.2 Å². The fourth-order valence-corrected chi connectivity index (χ4v) is 2.70. The van der Waals surface area contributed by atoms with Crippen LogP contribution >= 0.6 is 27.7 Å². The smallest absolute Gasteiger partial charge is 0.305 e. The van der Waals surface area contributed by atoms with Crippen molar-refractivity contribution >= 4 is 39.6 Å². The maximum atomic E-state index is 12.0. The number of rotatable bonds is 6. The lowest BCUT2D eigenvalue weighted by Gasteiger charge is -2.20. The fourth-order valence-electron chi connectivity index (χ4n) is 1.45. The van der Waals surface area contributed by atoms with Crippen molar-refractivity contribution in [2.45, 2.75) is 23.5 Å². The van der Waals surface area contributed by atoms with E-state index in [0.29, 0.717) is 0 Å². The quantitative estimate of drug-likeness (QED) is 0.805. The number of carboxylic acid groups (broad SMARTS) is 1. The van der Waals surface area contributed by atoms with E-state index in [4.69, 9.17) is 5.11 Å². The second-order valence-electron chi connectivity index (χ2n) is 4.12. The van der Waals surface area contributed by atoms with Gasteiger partial charge in [-0.15, -0.1) is 11.8 Å². The second-order valence-corrected chi connectivity index (χ2v) is 6.45. The third kappa shape index (κ3) is 5.65. The Morgan fingerprint density at radius 1 is 1.37 bits per heavy atom. The number of aliphatic carboxylic acids is 1. The molecule has 6 heteroatoms. The lowest BCUT2D eigenvalue weighted by molar-refractivity contribution is -0.138. The summed E-state index contributed by atoms with van der Waals surface area (Å²) < 4.78 is 0.995. The molecule has 1 aromatic rings. The van der Waals surface area contributed by atoms with Crippen LogP contribution in [0, 0.1) is 0 Å². The molecule has 0 radical (unpaired) electrons. The number of hydrogen-bond acceptors (Lipinski definition) is 3. The fraction of sp³-hybridized carbons (Fsp3) is 0.385. The minimum atomic E-state index is -0.895. The average Bonchev–Trinajstić information content (AvgIpc) is 2.37. The molecule has 1 N–H and O–H groups in total. The highest BCUT2D eigenvalue weighted by atomic mass is 79.9. The van der Waals surface area contributed by atoms with Crippen LogP contribution in [0.5, 0.6) is 0 Å². The van der Waals surface area contributed by atoms with E-state index in [0.717, 1.165) is 9.37 Å². The Labute approximate surface area is 125 Å². The second kappa shape index (κ2) is 7.55. The third-order valence-corrected chi connectivity index (χ3v) is 4.14. The molecule has 1 amide bonds. The van der Waals surface area contributed by atoms with Gasteiger partial charge >= 0.3 is 5.97 Å². The summed E-state index contributed by atoms with van der Waals surface area (Å²) in [4.78, 5) is 25.0. The molecule has 0 aliphatic rings. The van der Waals surface area contributed by atoms with Crippen LogP contribution in [-0.4, -0.2) is 40.7 Å². The number of nitrogens with zero attached hydrogens (tertiary/aromatic N) is 1. The van der Waals surface area contributed by atoms with Gasteiger partial charge in [0.25, 0.3) is 0 Å². The van der Waals surface area contributed by atoms with E-state index in [1.54, 1.807) is 7.05 Å². The van der Waals surface area contributed by atoms with Crippen molar-refractivity contribution in [1.82, 2.24) is 4.90 Å². The topological polar surface area (TPSA) is 57.6 Å². The number of carboxylic acids is 1. The molecule has 19 heavy (non-hydrogen) atoms. The van der Waals surface area contributed by atoms with Crippen LogP contribution < -0.4 is 0 Å². The minimum absolute atomic E-state index is 0.0299. The zero-order valence-corrected chi connectivity index (χ0v) is 13.2. The van der Waals surface area contributed by atoms with Gasteiger partial charge in [-0.1, -0.05) is 15.9 Å². The molecule has 1 aromatic carbocycles. The van der Waals surface area contributed by atoms with Crippen molar-refractivity contribution in [3.05, 3.63) is 28.7 Å². The van der Waals surface area contributed by atoms with Gasteiger partial charge in [-0.25, -0.2) is 0 Å². The van der Waals surface area contributed by atoms with E-state index in [1.807, 2.05) is 31.2 Å². The monoisotopic (exact) mass is 345 g/mol. The normalized spacial score (nSPS) is 11.9. The molecule has 104 valence electrons. The third-order valence-electron chi connectivity index (χ3n) is 2.51. The van der Waals surface area contributed by atoms with Crippen LogP contribution in [0.2, 0.25) is 0 Å². The molecular formula is C13H16BrNO3S. The van der Waals surface area contributed by atoms with Gasteiger partial charge in [0.1, 0.15) is 0 Å². The summed E-state index contributed by atoms with van der Waals surface area (Å²) in [5.74, 6) is -0.956. The molecule has 0 saturated heterocycles. The van der Waals surface area contributed by atoms with Crippen molar-refractivity contribution in [3.63, 3.8) is 0 Å². The van der Waals surface area contributed by atoms with Gasteiger partial charge in [-0.3, -0.25) is 9.59 Å². The first-order valence-electron chi connectivity index (χ1n) is 5.79. The molecule has 0 bridgehead atoms. The summed E-state index contributed by atoms with van der Waals surface area (Å²) in [6.45, 7) is 2.06. The van der Waals surface area contributed by atoms with E-state index < -0.39 is 5.97 Å². The number of benzene rings is 1. The molecule has 0 heterocycles. The number of amides is 1. The van der Waals surface area contributed by atoms with Crippen LogP contribution in [0.4, 0.5) is 0 Å². The molecule has 0 fully saturated rings. The molecule has 0 aliphatic carbocycles. The predicted molar refractivity (Wildman–Crippen MR) is 79.4 cm³/mol. The first kappa shape index (κ1) is 16.0. The SMILES string of the molecule is CC(Sc1ccc(Br)cc1)C(=O)N(C)CCC(=O)O. The standard InChI is InChI=1S/C13H16BrNO3S/c1-9(13(18)15(2)8-7-12(16)17)19-11-5-3-10(14)4-6-11/h3-6,9H,7-8H2,1-2H3,(H,16,17). The Kier molecular flexibility index (Phi) is 6.37. The molecule has 1 unspecified atom stereocenters. The van der Waals surface area contributed by atoms with Crippen LogP contribution in [0.15, 0.2) is 33.6 Å². The first-order chi connectivity index (χ1) is 8.90. The molecule has 1 rings (SSSR count). The van der Waals surface area contributed by atoms with Gasteiger partial charge in [0.05, 0.1) is 11.7 Å². The van der Waals surface area contributed by atoms with Gasteiger partial charge in [-0.2, -0.15) is 0 Å². The predicted octanol–water partition coefficient (Wildman–Crippen LogP) is 2.86. The Morgan fingerprint density at radius 3 is 2.47 bits per heavy atom. The molecule has 0 aromatic heterocycles. The van der Waals surface area contributed by atoms with Crippen LogP contribution in [-0.2, 0) is 9.59 Å². The number of thioether (sulfide) groups is 1. The van der Waals surface area contributed by atoms with Crippen LogP contribution in [0.25, 0.3) is 0 Å². The lowest BCUT2D eigenvalue weighted by atomic mass is 10.3. The van der Waals surface area contributed by atoms with Crippen molar-refractivity contribution in [2.24, 2.45) is 0 Å². The molecule has 0 spiro atoms. The summed E-state index contributed by atoms with van der Waals surface area (Å²) >= 11 is 4.82. The summed E-state index contributed by atoms with van der Waals surface area (Å²) in [6.07, 6.45) is -0.0299. The maximum absolute atomic E-state index is 12.0. The lowest BCUT2D eigenvalue weighted by Crippen LogP contribution is -2.34. The van der Waals surface area contributed by atoms with E-state index in [1.165, 1.54) is 16.7 Å².